The van der Waals surface area contributed by atoms with Gasteiger partial charge in [0.1, 0.15) is 5.75 Å². The van der Waals surface area contributed by atoms with Crippen LogP contribution in [-0.2, 0) is 6.42 Å². The first-order valence-electron chi connectivity index (χ1n) is 6.92. The molecule has 1 unspecified atom stereocenters. The van der Waals surface area contributed by atoms with Gasteiger partial charge in [0, 0.05) is 23.2 Å². The molecule has 0 aromatic heterocycles. The Labute approximate surface area is 124 Å². The van der Waals surface area contributed by atoms with Gasteiger partial charge in [0.25, 0.3) is 0 Å². The highest BCUT2D eigenvalue weighted by Crippen LogP contribution is 2.31. The van der Waals surface area contributed by atoms with Gasteiger partial charge in [-0.2, -0.15) is 0 Å². The second-order valence-electron chi connectivity index (χ2n) is 5.24. The Kier molecular flexibility index (Phi) is 3.58. The van der Waals surface area contributed by atoms with E-state index < -0.39 is 0 Å². The Morgan fingerprint density at radius 3 is 2.95 bits per heavy atom. The summed E-state index contributed by atoms with van der Waals surface area (Å²) in [6, 6.07) is 12.6. The topological polar surface area (TPSA) is 21.3 Å². The molecule has 3 heteroatoms. The Bertz CT molecular complexity index is 639. The van der Waals surface area contributed by atoms with Crippen molar-refractivity contribution in [3.05, 3.63) is 58.1 Å². The molecule has 2 aromatic carbocycles. The number of hydrogen-bond donors (Lipinski definition) is 1. The molecule has 20 heavy (non-hydrogen) atoms. The first-order chi connectivity index (χ1) is 9.65. The van der Waals surface area contributed by atoms with Gasteiger partial charge in [0.05, 0.1) is 6.61 Å². The van der Waals surface area contributed by atoms with E-state index in [0.717, 1.165) is 35.1 Å². The van der Waals surface area contributed by atoms with E-state index in [1.165, 1.54) is 11.1 Å². The molecular formula is C17H18ClNO. The predicted molar refractivity (Wildman–Crippen MR) is 83.9 cm³/mol. The van der Waals surface area contributed by atoms with Crippen molar-refractivity contribution in [2.24, 2.45) is 0 Å². The number of anilines is 1. The first-order valence-corrected chi connectivity index (χ1v) is 7.30. The van der Waals surface area contributed by atoms with Crippen LogP contribution >= 0.6 is 11.6 Å². The van der Waals surface area contributed by atoms with Crippen LogP contribution in [0.25, 0.3) is 0 Å². The molecule has 0 bridgehead atoms. The molecule has 0 spiro atoms. The molecule has 1 heterocycles. The minimum atomic E-state index is 0.234. The summed E-state index contributed by atoms with van der Waals surface area (Å²) >= 11 is 6.16. The Morgan fingerprint density at radius 2 is 2.10 bits per heavy atom. The van der Waals surface area contributed by atoms with E-state index in [2.05, 4.69) is 36.5 Å². The summed E-state index contributed by atoms with van der Waals surface area (Å²) in [7, 11) is 0. The van der Waals surface area contributed by atoms with Crippen LogP contribution in [0.15, 0.2) is 36.4 Å². The molecule has 1 N–H and O–H groups in total. The molecule has 1 atom stereocenters. The van der Waals surface area contributed by atoms with Crippen LogP contribution in [0.2, 0.25) is 5.02 Å². The largest absolute Gasteiger partial charge is 0.493 e. The lowest BCUT2D eigenvalue weighted by atomic mass is 10.0. The third-order valence-electron chi connectivity index (χ3n) is 3.85. The monoisotopic (exact) mass is 287 g/mol. The molecular weight excluding hydrogens is 270 g/mol. The Hall–Kier alpha value is -1.67. The molecule has 0 radical (unpaired) electrons. The SMILES string of the molecule is Cc1c(Cl)cccc1NC(C)c1ccc2c(c1)CCO2. The van der Waals surface area contributed by atoms with Gasteiger partial charge < -0.3 is 10.1 Å². The van der Waals surface area contributed by atoms with E-state index in [4.69, 9.17) is 16.3 Å². The van der Waals surface area contributed by atoms with Gasteiger partial charge in [-0.05, 0) is 54.8 Å². The molecule has 1 aliphatic rings. The minimum absolute atomic E-state index is 0.234. The highest BCUT2D eigenvalue weighted by atomic mass is 35.5. The summed E-state index contributed by atoms with van der Waals surface area (Å²) in [6.45, 7) is 5.00. The van der Waals surface area contributed by atoms with Crippen molar-refractivity contribution in [1.82, 2.24) is 0 Å². The zero-order chi connectivity index (χ0) is 14.1. The minimum Gasteiger partial charge on any atom is -0.493 e. The maximum absolute atomic E-state index is 6.16. The third kappa shape index (κ3) is 2.48. The number of hydrogen-bond acceptors (Lipinski definition) is 2. The quantitative estimate of drug-likeness (QED) is 0.879. The van der Waals surface area contributed by atoms with Gasteiger partial charge in [-0.15, -0.1) is 0 Å². The lowest BCUT2D eigenvalue weighted by molar-refractivity contribution is 0.357. The lowest BCUT2D eigenvalue weighted by Gasteiger charge is -2.18. The summed E-state index contributed by atoms with van der Waals surface area (Å²) < 4.78 is 5.55. The van der Waals surface area contributed by atoms with Gasteiger partial charge >= 0.3 is 0 Å². The van der Waals surface area contributed by atoms with Crippen LogP contribution in [0, 0.1) is 6.92 Å². The van der Waals surface area contributed by atoms with E-state index >= 15 is 0 Å². The second-order valence-corrected chi connectivity index (χ2v) is 5.65. The molecule has 3 rings (SSSR count). The maximum atomic E-state index is 6.16. The highest BCUT2D eigenvalue weighted by molar-refractivity contribution is 6.31. The fraction of sp³-hybridized carbons (Fsp3) is 0.294. The molecule has 0 saturated heterocycles. The fourth-order valence-corrected chi connectivity index (χ4v) is 2.73. The van der Waals surface area contributed by atoms with Crippen molar-refractivity contribution in [3.8, 4) is 5.75 Å². The molecule has 2 nitrogen and oxygen atoms in total. The van der Waals surface area contributed by atoms with E-state index in [9.17, 15) is 0 Å². The predicted octanol–water partition coefficient (Wildman–Crippen LogP) is 4.76. The highest BCUT2D eigenvalue weighted by Gasteiger charge is 2.15. The van der Waals surface area contributed by atoms with E-state index in [0.29, 0.717) is 0 Å². The standard InChI is InChI=1S/C17H18ClNO/c1-11-15(18)4-3-5-16(11)19-12(2)13-6-7-17-14(10-13)8-9-20-17/h3-7,10,12,19H,8-9H2,1-2H3. The number of rotatable bonds is 3. The third-order valence-corrected chi connectivity index (χ3v) is 4.26. The van der Waals surface area contributed by atoms with Gasteiger partial charge in [0.2, 0.25) is 0 Å². The van der Waals surface area contributed by atoms with Gasteiger partial charge in [-0.3, -0.25) is 0 Å². The number of ether oxygens (including phenoxy) is 1. The zero-order valence-corrected chi connectivity index (χ0v) is 12.5. The molecule has 0 aliphatic carbocycles. The summed E-state index contributed by atoms with van der Waals surface area (Å²) in [4.78, 5) is 0. The average molecular weight is 288 g/mol. The van der Waals surface area contributed by atoms with Crippen molar-refractivity contribution in [1.29, 1.82) is 0 Å². The summed E-state index contributed by atoms with van der Waals surface area (Å²) in [5.74, 6) is 1.03. The summed E-state index contributed by atoms with van der Waals surface area (Å²) in [5.41, 5.74) is 4.75. The van der Waals surface area contributed by atoms with Crippen molar-refractivity contribution in [2.75, 3.05) is 11.9 Å². The van der Waals surface area contributed by atoms with Crippen LogP contribution < -0.4 is 10.1 Å². The van der Waals surface area contributed by atoms with Gasteiger partial charge in [-0.25, -0.2) is 0 Å². The Morgan fingerprint density at radius 1 is 1.25 bits per heavy atom. The Balaban J connectivity index is 1.82. The fourth-order valence-electron chi connectivity index (χ4n) is 2.56. The summed E-state index contributed by atoms with van der Waals surface area (Å²) in [6.07, 6.45) is 1.01. The van der Waals surface area contributed by atoms with Crippen LogP contribution in [0.3, 0.4) is 0 Å². The van der Waals surface area contributed by atoms with E-state index in [1.54, 1.807) is 0 Å². The zero-order valence-electron chi connectivity index (χ0n) is 11.7. The van der Waals surface area contributed by atoms with Crippen LogP contribution in [0.5, 0.6) is 5.75 Å². The van der Waals surface area contributed by atoms with Crippen LogP contribution in [0.4, 0.5) is 5.69 Å². The van der Waals surface area contributed by atoms with Crippen molar-refractivity contribution >= 4 is 17.3 Å². The van der Waals surface area contributed by atoms with E-state index in [1.807, 2.05) is 19.1 Å². The molecule has 2 aromatic rings. The van der Waals surface area contributed by atoms with Gasteiger partial charge in [-0.1, -0.05) is 23.7 Å². The first kappa shape index (κ1) is 13.3. The number of fused-ring (bicyclic) bond motifs is 1. The van der Waals surface area contributed by atoms with E-state index in [-0.39, 0.29) is 6.04 Å². The van der Waals surface area contributed by atoms with Crippen molar-refractivity contribution < 1.29 is 4.74 Å². The number of nitrogens with one attached hydrogen (secondary N) is 1. The molecule has 1 aliphatic heterocycles. The molecule has 0 saturated carbocycles. The molecule has 0 amide bonds. The van der Waals surface area contributed by atoms with Crippen LogP contribution in [0.1, 0.15) is 29.7 Å². The normalized spacial score (nSPS) is 14.6. The second kappa shape index (κ2) is 5.37. The summed E-state index contributed by atoms with van der Waals surface area (Å²) in [5, 5.41) is 4.33. The maximum Gasteiger partial charge on any atom is 0.122 e. The van der Waals surface area contributed by atoms with Crippen molar-refractivity contribution in [2.45, 2.75) is 26.3 Å². The van der Waals surface area contributed by atoms with Crippen LogP contribution in [-0.4, -0.2) is 6.61 Å². The van der Waals surface area contributed by atoms with Crippen molar-refractivity contribution in [3.63, 3.8) is 0 Å². The molecule has 104 valence electrons. The number of benzene rings is 2. The molecule has 0 fully saturated rings. The average Bonchev–Trinajstić information content (AvgIpc) is 2.91. The number of halogens is 1. The lowest BCUT2D eigenvalue weighted by Crippen LogP contribution is -2.08. The van der Waals surface area contributed by atoms with Gasteiger partial charge in [0.15, 0.2) is 0 Å². The smallest absolute Gasteiger partial charge is 0.122 e.